The van der Waals surface area contributed by atoms with Crippen LogP contribution in [0.1, 0.15) is 0 Å². The number of nitrogens with zero attached hydrogens (tertiary/aromatic N) is 1. The molecule has 2 rings (SSSR count). The zero-order valence-electron chi connectivity index (χ0n) is 11.2. The Hall–Kier alpha value is -1.56. The summed E-state index contributed by atoms with van der Waals surface area (Å²) in [4.78, 5) is 20.2. The summed E-state index contributed by atoms with van der Waals surface area (Å²) in [7, 11) is 2.19. The van der Waals surface area contributed by atoms with Crippen LogP contribution in [-0.2, 0) is 9.59 Å². The number of carboxylic acid groups (broad SMARTS) is 2. The topological polar surface area (TPSA) is 89.9 Å². The molecule has 3 N–H and O–H groups in total. The smallest absolute Gasteiger partial charge is 0.475 e. The van der Waals surface area contributed by atoms with Gasteiger partial charge in [0.25, 0.3) is 0 Å². The molecule has 2 fully saturated rings. The molecule has 0 aromatic carbocycles. The molecule has 0 aromatic rings. The third-order valence-electron chi connectivity index (χ3n) is 2.75. The summed E-state index contributed by atoms with van der Waals surface area (Å²) in [6, 6.07) is 0.847. The lowest BCUT2D eigenvalue weighted by Crippen LogP contribution is -2.51. The van der Waals surface area contributed by atoms with Gasteiger partial charge in [0.15, 0.2) is 0 Å². The fourth-order valence-electron chi connectivity index (χ4n) is 1.67. The molecule has 0 saturated carbocycles. The van der Waals surface area contributed by atoms with E-state index >= 15 is 0 Å². The minimum absolute atomic E-state index is 0.847. The van der Waals surface area contributed by atoms with Crippen LogP contribution in [0.3, 0.4) is 0 Å². The Balaban J connectivity index is 0.000000303. The number of hydrogen-bond donors (Lipinski definition) is 3. The number of nitrogens with one attached hydrogen (secondary N) is 1. The van der Waals surface area contributed by atoms with E-state index < -0.39 is 24.3 Å². The fraction of sp³-hybridized carbons (Fsp3) is 0.800. The van der Waals surface area contributed by atoms with E-state index in [-0.39, 0.29) is 0 Å². The zero-order chi connectivity index (χ0) is 17.7. The number of fused-ring (bicyclic) bond motifs is 1. The Bertz CT molecular complexity index is 362. The van der Waals surface area contributed by atoms with Crippen LogP contribution in [0.25, 0.3) is 0 Å². The minimum atomic E-state index is -5.08. The molecule has 0 bridgehead atoms. The van der Waals surface area contributed by atoms with Crippen molar-refractivity contribution >= 4 is 11.9 Å². The first-order valence-corrected chi connectivity index (χ1v) is 5.77. The van der Waals surface area contributed by atoms with Gasteiger partial charge in [-0.05, 0) is 7.05 Å². The van der Waals surface area contributed by atoms with E-state index in [1.807, 2.05) is 0 Å². The van der Waals surface area contributed by atoms with Gasteiger partial charge < -0.3 is 20.4 Å². The molecule has 0 aromatic heterocycles. The zero-order valence-corrected chi connectivity index (χ0v) is 11.2. The predicted octanol–water partition coefficient (Wildman–Crippen LogP) is 0.786. The second-order valence-electron chi connectivity index (χ2n) is 4.60. The molecular weight excluding hydrogens is 326 g/mol. The van der Waals surface area contributed by atoms with E-state index in [2.05, 4.69) is 17.3 Å². The summed E-state index contributed by atoms with van der Waals surface area (Å²) in [6.45, 7) is 3.84. The molecule has 0 unspecified atom stereocenters. The van der Waals surface area contributed by atoms with E-state index in [9.17, 15) is 26.3 Å². The summed E-state index contributed by atoms with van der Waals surface area (Å²) in [5.74, 6) is -4.53. The summed E-state index contributed by atoms with van der Waals surface area (Å²) in [5, 5.41) is 17.6. The Kier molecular flexibility index (Phi) is 7.09. The first-order valence-electron chi connectivity index (χ1n) is 5.77. The highest BCUT2D eigenvalue weighted by atomic mass is 19.4. The van der Waals surface area contributed by atoms with Crippen molar-refractivity contribution in [3.8, 4) is 0 Å². The Labute approximate surface area is 120 Å². The van der Waals surface area contributed by atoms with Crippen LogP contribution in [0.4, 0.5) is 26.3 Å². The highest BCUT2D eigenvalue weighted by molar-refractivity contribution is 5.73. The first kappa shape index (κ1) is 20.4. The molecule has 2 aliphatic rings. The lowest BCUT2D eigenvalue weighted by Gasteiger charge is -2.30. The van der Waals surface area contributed by atoms with Crippen molar-refractivity contribution in [3.63, 3.8) is 0 Å². The maximum absolute atomic E-state index is 10.6. The number of hydrogen-bond acceptors (Lipinski definition) is 4. The van der Waals surface area contributed by atoms with Crippen LogP contribution in [0.15, 0.2) is 0 Å². The van der Waals surface area contributed by atoms with E-state index in [1.54, 1.807) is 0 Å². The van der Waals surface area contributed by atoms with Crippen LogP contribution in [0.5, 0.6) is 0 Å². The molecule has 2 atom stereocenters. The van der Waals surface area contributed by atoms with E-state index in [4.69, 9.17) is 19.8 Å². The summed E-state index contributed by atoms with van der Waals surface area (Å²) >= 11 is 0. The van der Waals surface area contributed by atoms with Crippen molar-refractivity contribution in [2.24, 2.45) is 5.92 Å². The quantitative estimate of drug-likeness (QED) is 0.565. The molecule has 2 heterocycles. The molecule has 6 nitrogen and oxygen atoms in total. The highest BCUT2D eigenvalue weighted by Gasteiger charge is 2.39. The standard InChI is InChI=1S/C6H12N2.2C2HF3O2/c1-8-3-5-2-7-6(5)4-8;2*3-2(4,5)1(6)7/h5-7H,2-4H2,1H3;2*(H,6,7)/t5-,6-;;/m0../s1. The van der Waals surface area contributed by atoms with Gasteiger partial charge in [-0.1, -0.05) is 0 Å². The molecule has 2 aliphatic heterocycles. The van der Waals surface area contributed by atoms with Crippen molar-refractivity contribution in [2.45, 2.75) is 18.4 Å². The summed E-state index contributed by atoms with van der Waals surface area (Å²) in [6.07, 6.45) is -10.2. The van der Waals surface area contributed by atoms with Crippen molar-refractivity contribution in [1.82, 2.24) is 10.2 Å². The molecule has 12 heteroatoms. The first-order chi connectivity index (χ1) is 9.75. The van der Waals surface area contributed by atoms with Crippen LogP contribution in [0.2, 0.25) is 0 Å². The second-order valence-corrected chi connectivity index (χ2v) is 4.60. The fourth-order valence-corrected chi connectivity index (χ4v) is 1.67. The molecule has 0 spiro atoms. The predicted molar refractivity (Wildman–Crippen MR) is 60.2 cm³/mol. The number of halogens is 6. The van der Waals surface area contributed by atoms with Crippen LogP contribution in [-0.4, -0.2) is 72.1 Å². The molecule has 0 aliphatic carbocycles. The number of rotatable bonds is 0. The summed E-state index contributed by atoms with van der Waals surface area (Å²) in [5.41, 5.74) is 0. The van der Waals surface area contributed by atoms with Gasteiger partial charge in [-0.15, -0.1) is 0 Å². The number of carboxylic acids is 2. The lowest BCUT2D eigenvalue weighted by molar-refractivity contribution is -0.193. The SMILES string of the molecule is CN1C[C@@H]2CN[C@H]2C1.O=C(O)C(F)(F)F.O=C(O)C(F)(F)F. The van der Waals surface area contributed by atoms with E-state index in [0.717, 1.165) is 12.0 Å². The van der Waals surface area contributed by atoms with E-state index in [1.165, 1.54) is 19.6 Å². The highest BCUT2D eigenvalue weighted by Crippen LogP contribution is 2.21. The van der Waals surface area contributed by atoms with Crippen molar-refractivity contribution < 1.29 is 46.1 Å². The number of likely N-dealkylation sites (tertiary alicyclic amines) is 1. The van der Waals surface area contributed by atoms with Crippen LogP contribution >= 0.6 is 0 Å². The lowest BCUT2D eigenvalue weighted by atomic mass is 9.96. The average Bonchev–Trinajstić information content (AvgIpc) is 2.54. The average molecular weight is 340 g/mol. The number of carbonyl (C=O) groups is 2. The molecule has 130 valence electrons. The van der Waals surface area contributed by atoms with Gasteiger partial charge in [-0.3, -0.25) is 0 Å². The number of likely N-dealkylation sites (N-methyl/N-ethyl adjacent to an activating group) is 1. The number of alkyl halides is 6. The molecule has 22 heavy (non-hydrogen) atoms. The largest absolute Gasteiger partial charge is 0.490 e. The monoisotopic (exact) mass is 340 g/mol. The Morgan fingerprint density at radius 1 is 1.00 bits per heavy atom. The van der Waals surface area contributed by atoms with Crippen molar-refractivity contribution in [2.75, 3.05) is 26.7 Å². The van der Waals surface area contributed by atoms with Gasteiger partial charge in [0.05, 0.1) is 0 Å². The maximum atomic E-state index is 10.6. The van der Waals surface area contributed by atoms with E-state index in [0.29, 0.717) is 0 Å². The van der Waals surface area contributed by atoms with Gasteiger partial charge in [0.1, 0.15) is 0 Å². The van der Waals surface area contributed by atoms with Gasteiger partial charge in [0, 0.05) is 31.6 Å². The van der Waals surface area contributed by atoms with Gasteiger partial charge in [0.2, 0.25) is 0 Å². The third-order valence-corrected chi connectivity index (χ3v) is 2.75. The van der Waals surface area contributed by atoms with Gasteiger partial charge >= 0.3 is 24.3 Å². The summed E-state index contributed by atoms with van der Waals surface area (Å²) < 4.78 is 63.5. The molecular formula is C10H14F6N2O4. The van der Waals surface area contributed by atoms with Gasteiger partial charge in [-0.25, -0.2) is 9.59 Å². The maximum Gasteiger partial charge on any atom is 0.490 e. The van der Waals surface area contributed by atoms with Crippen molar-refractivity contribution in [1.29, 1.82) is 0 Å². The normalized spacial score (nSPS) is 24.0. The third kappa shape index (κ3) is 7.45. The van der Waals surface area contributed by atoms with Crippen LogP contribution < -0.4 is 5.32 Å². The Morgan fingerprint density at radius 3 is 1.45 bits per heavy atom. The molecule has 0 amide bonds. The minimum Gasteiger partial charge on any atom is -0.475 e. The Morgan fingerprint density at radius 2 is 1.36 bits per heavy atom. The van der Waals surface area contributed by atoms with Crippen LogP contribution in [0, 0.1) is 5.92 Å². The van der Waals surface area contributed by atoms with Gasteiger partial charge in [-0.2, -0.15) is 26.3 Å². The number of aliphatic carboxylic acids is 2. The second kappa shape index (κ2) is 7.63. The molecule has 0 radical (unpaired) electrons. The van der Waals surface area contributed by atoms with Crippen molar-refractivity contribution in [3.05, 3.63) is 0 Å². The molecule has 2 saturated heterocycles.